The zero-order valence-electron chi connectivity index (χ0n) is 20.5. The van der Waals surface area contributed by atoms with Gasteiger partial charge in [0.25, 0.3) is 0 Å². The van der Waals surface area contributed by atoms with Crippen molar-refractivity contribution in [3.05, 3.63) is 47.5 Å². The van der Waals surface area contributed by atoms with Gasteiger partial charge in [-0.15, -0.1) is 0 Å². The van der Waals surface area contributed by atoms with Crippen molar-refractivity contribution in [2.24, 2.45) is 5.92 Å². The van der Waals surface area contributed by atoms with Crippen molar-refractivity contribution in [3.8, 4) is 0 Å². The van der Waals surface area contributed by atoms with Crippen molar-refractivity contribution < 1.29 is 0 Å². The van der Waals surface area contributed by atoms with Gasteiger partial charge in [0.15, 0.2) is 5.65 Å². The lowest BCUT2D eigenvalue weighted by Gasteiger charge is -2.38. The van der Waals surface area contributed by atoms with Crippen LogP contribution in [0.3, 0.4) is 0 Å². The van der Waals surface area contributed by atoms with Crippen LogP contribution in [0.5, 0.6) is 0 Å². The average molecular weight is 495 g/mol. The van der Waals surface area contributed by atoms with E-state index in [0.717, 1.165) is 73.8 Å². The standard InChI is InChI=1S/C26H35ClN8/c1-17(2)33-9-11-34(12-10-33)20-5-6-24(29-16-20)31-23-14-21(25(27)35-8-7-28-26(23)35)18-3-4-19-15-30-32-22(19)13-18/h5-8,14,16-19,22,30,32H,3-4,9-13,15H2,1-2H3,(H,29,31). The van der Waals surface area contributed by atoms with Crippen LogP contribution in [0.4, 0.5) is 17.2 Å². The van der Waals surface area contributed by atoms with Gasteiger partial charge < -0.3 is 10.2 Å². The Hall–Kier alpha value is -2.39. The number of rotatable bonds is 5. The smallest absolute Gasteiger partial charge is 0.161 e. The van der Waals surface area contributed by atoms with Crippen LogP contribution in [0.25, 0.3) is 5.65 Å². The van der Waals surface area contributed by atoms with Crippen molar-refractivity contribution in [1.29, 1.82) is 0 Å². The van der Waals surface area contributed by atoms with Crippen LogP contribution in [-0.4, -0.2) is 64.1 Å². The molecule has 3 aliphatic rings. The van der Waals surface area contributed by atoms with E-state index in [0.29, 0.717) is 18.0 Å². The Kier molecular flexibility index (Phi) is 6.30. The molecule has 3 unspecified atom stereocenters. The third kappa shape index (κ3) is 4.48. The predicted molar refractivity (Wildman–Crippen MR) is 142 cm³/mol. The number of halogens is 1. The van der Waals surface area contributed by atoms with E-state index in [1.165, 1.54) is 17.7 Å². The number of hydrazine groups is 1. The molecule has 3 fully saturated rings. The molecule has 186 valence electrons. The topological polar surface area (TPSA) is 72.8 Å². The largest absolute Gasteiger partial charge is 0.368 e. The lowest BCUT2D eigenvalue weighted by molar-refractivity contribution is 0.209. The van der Waals surface area contributed by atoms with Crippen LogP contribution in [0.15, 0.2) is 36.8 Å². The molecular formula is C26H35ClN8. The lowest BCUT2D eigenvalue weighted by Crippen LogP contribution is -2.48. The van der Waals surface area contributed by atoms with E-state index in [1.807, 2.05) is 23.0 Å². The van der Waals surface area contributed by atoms with E-state index < -0.39 is 0 Å². The van der Waals surface area contributed by atoms with Crippen molar-refractivity contribution in [1.82, 2.24) is 30.1 Å². The first-order chi connectivity index (χ1) is 17.1. The molecule has 3 atom stereocenters. The van der Waals surface area contributed by atoms with Gasteiger partial charge in [0, 0.05) is 57.2 Å². The van der Waals surface area contributed by atoms with Gasteiger partial charge in [0.05, 0.1) is 17.6 Å². The van der Waals surface area contributed by atoms with E-state index >= 15 is 0 Å². The van der Waals surface area contributed by atoms with E-state index in [9.17, 15) is 0 Å². The van der Waals surface area contributed by atoms with E-state index in [4.69, 9.17) is 16.6 Å². The minimum atomic E-state index is 0.420. The van der Waals surface area contributed by atoms with Crippen LogP contribution < -0.4 is 21.1 Å². The van der Waals surface area contributed by atoms with Crippen molar-refractivity contribution >= 4 is 34.4 Å². The molecule has 8 nitrogen and oxygen atoms in total. The lowest BCUT2D eigenvalue weighted by atomic mass is 9.76. The molecule has 0 amide bonds. The van der Waals surface area contributed by atoms with Gasteiger partial charge in [-0.3, -0.25) is 20.2 Å². The maximum Gasteiger partial charge on any atom is 0.161 e. The van der Waals surface area contributed by atoms with Gasteiger partial charge in [0.1, 0.15) is 11.0 Å². The summed E-state index contributed by atoms with van der Waals surface area (Å²) in [5.41, 5.74) is 10.9. The monoisotopic (exact) mass is 494 g/mol. The zero-order valence-corrected chi connectivity index (χ0v) is 21.3. The van der Waals surface area contributed by atoms with Crippen molar-refractivity contribution in [2.75, 3.05) is 42.9 Å². The molecule has 0 radical (unpaired) electrons. The molecule has 1 aliphatic carbocycles. The van der Waals surface area contributed by atoms with Crippen LogP contribution in [0.1, 0.15) is 44.6 Å². The van der Waals surface area contributed by atoms with Gasteiger partial charge in [-0.25, -0.2) is 9.97 Å². The molecular weight excluding hydrogens is 460 g/mol. The first kappa shape index (κ1) is 23.0. The van der Waals surface area contributed by atoms with Crippen LogP contribution in [0.2, 0.25) is 5.15 Å². The quantitative estimate of drug-likeness (QED) is 0.463. The summed E-state index contributed by atoms with van der Waals surface area (Å²) in [5, 5.41) is 4.30. The Balaban J connectivity index is 1.22. The molecule has 3 aromatic rings. The van der Waals surface area contributed by atoms with E-state index in [-0.39, 0.29) is 0 Å². The van der Waals surface area contributed by atoms with Gasteiger partial charge in [0.2, 0.25) is 0 Å². The van der Waals surface area contributed by atoms with E-state index in [1.54, 1.807) is 0 Å². The first-order valence-corrected chi connectivity index (χ1v) is 13.3. The number of piperazine rings is 1. The van der Waals surface area contributed by atoms with Crippen molar-refractivity contribution in [2.45, 2.75) is 51.1 Å². The number of nitrogens with zero attached hydrogens (tertiary/aromatic N) is 5. The van der Waals surface area contributed by atoms with Crippen LogP contribution in [-0.2, 0) is 0 Å². The van der Waals surface area contributed by atoms with Gasteiger partial charge >= 0.3 is 0 Å². The Morgan fingerprint density at radius 2 is 1.97 bits per heavy atom. The number of imidazole rings is 1. The molecule has 2 aliphatic heterocycles. The zero-order chi connectivity index (χ0) is 23.9. The normalized spacial score (nSPS) is 25.4. The minimum absolute atomic E-state index is 0.420. The number of aromatic nitrogens is 3. The summed E-state index contributed by atoms with van der Waals surface area (Å²) in [7, 11) is 0. The summed E-state index contributed by atoms with van der Waals surface area (Å²) in [6.45, 7) is 9.86. The highest BCUT2D eigenvalue weighted by Crippen LogP contribution is 2.41. The molecule has 5 heterocycles. The molecule has 35 heavy (non-hydrogen) atoms. The molecule has 6 rings (SSSR count). The number of fused-ring (bicyclic) bond motifs is 2. The highest BCUT2D eigenvalue weighted by Gasteiger charge is 2.35. The van der Waals surface area contributed by atoms with Crippen LogP contribution >= 0.6 is 11.6 Å². The second kappa shape index (κ2) is 9.58. The fourth-order valence-electron chi connectivity index (χ4n) is 6.00. The maximum absolute atomic E-state index is 6.91. The molecule has 3 N–H and O–H groups in total. The molecule has 2 saturated heterocycles. The molecule has 0 bridgehead atoms. The Morgan fingerprint density at radius 3 is 2.74 bits per heavy atom. The summed E-state index contributed by atoms with van der Waals surface area (Å²) in [6, 6.07) is 7.54. The summed E-state index contributed by atoms with van der Waals surface area (Å²) < 4.78 is 1.99. The fourth-order valence-corrected chi connectivity index (χ4v) is 6.34. The highest BCUT2D eigenvalue weighted by molar-refractivity contribution is 6.30. The van der Waals surface area contributed by atoms with E-state index in [2.05, 4.69) is 63.0 Å². The maximum atomic E-state index is 6.91. The Morgan fingerprint density at radius 1 is 1.11 bits per heavy atom. The van der Waals surface area contributed by atoms with Gasteiger partial charge in [-0.05, 0) is 68.7 Å². The first-order valence-electron chi connectivity index (χ1n) is 12.9. The molecule has 1 saturated carbocycles. The predicted octanol–water partition coefficient (Wildman–Crippen LogP) is 4.02. The van der Waals surface area contributed by atoms with Gasteiger partial charge in [-0.2, -0.15) is 0 Å². The van der Waals surface area contributed by atoms with Crippen molar-refractivity contribution in [3.63, 3.8) is 0 Å². The number of pyridine rings is 2. The number of hydrogen-bond acceptors (Lipinski definition) is 7. The Labute approximate surface area is 212 Å². The minimum Gasteiger partial charge on any atom is -0.368 e. The number of hydrogen-bond donors (Lipinski definition) is 3. The molecule has 3 aromatic heterocycles. The SMILES string of the molecule is CC(C)N1CCN(c2ccc(Nc3cc(C4CCC5CNNC5C4)c(Cl)n4ccnc34)nc2)CC1. The summed E-state index contributed by atoms with van der Waals surface area (Å²) >= 11 is 6.91. The summed E-state index contributed by atoms with van der Waals surface area (Å²) in [5.74, 6) is 1.96. The Bertz CT molecular complexity index is 1170. The highest BCUT2D eigenvalue weighted by atomic mass is 35.5. The third-order valence-electron chi connectivity index (χ3n) is 8.14. The fraction of sp³-hybridized carbons (Fsp3) is 0.538. The van der Waals surface area contributed by atoms with Gasteiger partial charge in [-0.1, -0.05) is 11.6 Å². The second-order valence-corrected chi connectivity index (χ2v) is 10.8. The second-order valence-electron chi connectivity index (χ2n) is 10.5. The van der Waals surface area contributed by atoms with Crippen LogP contribution in [0, 0.1) is 5.92 Å². The molecule has 9 heteroatoms. The average Bonchev–Trinajstić information content (AvgIpc) is 3.56. The molecule has 0 spiro atoms. The number of nitrogens with one attached hydrogen (secondary N) is 3. The molecule has 0 aromatic carbocycles. The number of anilines is 3. The summed E-state index contributed by atoms with van der Waals surface area (Å²) in [6.07, 6.45) is 9.19. The summed E-state index contributed by atoms with van der Waals surface area (Å²) in [4.78, 5) is 14.3. The third-order valence-corrected chi connectivity index (χ3v) is 8.54.